The van der Waals surface area contributed by atoms with Gasteiger partial charge >= 0.3 is 0 Å². The molecular weight excluding hydrogens is 338 g/mol. The van der Waals surface area contributed by atoms with Crippen LogP contribution in [0.1, 0.15) is 17.7 Å². The largest absolute Gasteiger partial charge is 0.352 e. The van der Waals surface area contributed by atoms with Gasteiger partial charge in [-0.25, -0.2) is 4.98 Å². The smallest absolute Gasteiger partial charge is 0.272 e. The number of hydrogen-bond donors (Lipinski definition) is 1. The van der Waals surface area contributed by atoms with Crippen LogP contribution >= 0.6 is 11.6 Å². The molecule has 1 N–H and O–H groups in total. The van der Waals surface area contributed by atoms with Crippen LogP contribution in [0.5, 0.6) is 0 Å². The summed E-state index contributed by atoms with van der Waals surface area (Å²) < 4.78 is 1.60. The molecule has 1 amide bonds. The molecule has 2 aromatic carbocycles. The molecule has 3 aromatic rings. The van der Waals surface area contributed by atoms with Crippen LogP contribution in [-0.4, -0.2) is 15.5 Å². The summed E-state index contributed by atoms with van der Waals surface area (Å²) in [5.41, 5.74) is 2.60. The SMILES string of the molecule is Cc1nc2ccccc2n(CCC(=O)NCc2ccccc2Cl)c1=O. The molecule has 0 saturated carbocycles. The van der Waals surface area contributed by atoms with Gasteiger partial charge in [0, 0.05) is 24.5 Å². The number of carbonyl (C=O) groups is 1. The fourth-order valence-electron chi connectivity index (χ4n) is 2.68. The first-order valence-corrected chi connectivity index (χ1v) is 8.40. The lowest BCUT2D eigenvalue weighted by Crippen LogP contribution is -2.28. The van der Waals surface area contributed by atoms with Crippen LogP contribution in [0.3, 0.4) is 0 Å². The number of amides is 1. The Morgan fingerprint density at radius 3 is 2.68 bits per heavy atom. The van der Waals surface area contributed by atoms with Gasteiger partial charge in [0.25, 0.3) is 5.56 Å². The van der Waals surface area contributed by atoms with E-state index in [-0.39, 0.29) is 17.9 Å². The third kappa shape index (κ3) is 3.88. The summed E-state index contributed by atoms with van der Waals surface area (Å²) in [5, 5.41) is 3.46. The maximum atomic E-state index is 12.4. The Bertz CT molecular complexity index is 982. The van der Waals surface area contributed by atoms with E-state index in [4.69, 9.17) is 11.6 Å². The quantitative estimate of drug-likeness (QED) is 0.765. The molecule has 0 aliphatic rings. The highest BCUT2D eigenvalue weighted by Gasteiger charge is 2.10. The molecule has 0 aliphatic heterocycles. The topological polar surface area (TPSA) is 64.0 Å². The van der Waals surface area contributed by atoms with Gasteiger partial charge in [0.05, 0.1) is 11.0 Å². The molecule has 3 rings (SSSR count). The van der Waals surface area contributed by atoms with Crippen molar-refractivity contribution < 1.29 is 4.79 Å². The van der Waals surface area contributed by atoms with Crippen molar-refractivity contribution in [1.82, 2.24) is 14.9 Å². The third-order valence-corrected chi connectivity index (χ3v) is 4.38. The average Bonchev–Trinajstić information content (AvgIpc) is 2.61. The number of aryl methyl sites for hydroxylation is 2. The Balaban J connectivity index is 1.70. The minimum absolute atomic E-state index is 0.134. The number of fused-ring (bicyclic) bond motifs is 1. The summed E-state index contributed by atoms with van der Waals surface area (Å²) in [6, 6.07) is 14.8. The maximum absolute atomic E-state index is 12.4. The molecule has 0 aliphatic carbocycles. The van der Waals surface area contributed by atoms with Crippen LogP contribution < -0.4 is 10.9 Å². The van der Waals surface area contributed by atoms with Crippen molar-refractivity contribution in [2.45, 2.75) is 26.4 Å². The van der Waals surface area contributed by atoms with Crippen LogP contribution in [0.25, 0.3) is 11.0 Å². The summed E-state index contributed by atoms with van der Waals surface area (Å²) in [6.45, 7) is 2.35. The molecule has 0 saturated heterocycles. The van der Waals surface area contributed by atoms with Crippen LogP contribution in [0, 0.1) is 6.92 Å². The Morgan fingerprint density at radius 2 is 1.88 bits per heavy atom. The van der Waals surface area contributed by atoms with E-state index in [1.54, 1.807) is 17.6 Å². The number of rotatable bonds is 5. The molecule has 0 unspecified atom stereocenters. The van der Waals surface area contributed by atoms with E-state index in [0.717, 1.165) is 16.6 Å². The molecule has 0 spiro atoms. The van der Waals surface area contributed by atoms with E-state index in [1.165, 1.54) is 0 Å². The summed E-state index contributed by atoms with van der Waals surface area (Å²) in [6.07, 6.45) is 0.206. The van der Waals surface area contributed by atoms with E-state index < -0.39 is 0 Å². The number of nitrogens with one attached hydrogen (secondary N) is 1. The van der Waals surface area contributed by atoms with Crippen LogP contribution in [0.2, 0.25) is 5.02 Å². The van der Waals surface area contributed by atoms with Crippen LogP contribution in [0.4, 0.5) is 0 Å². The van der Waals surface area contributed by atoms with E-state index >= 15 is 0 Å². The number of hydrogen-bond acceptors (Lipinski definition) is 3. The van der Waals surface area contributed by atoms with Gasteiger partial charge < -0.3 is 9.88 Å². The lowest BCUT2D eigenvalue weighted by molar-refractivity contribution is -0.121. The standard InChI is InChI=1S/C19H18ClN3O2/c1-13-19(25)23(17-9-5-4-8-16(17)22-13)11-10-18(24)21-12-14-6-2-3-7-15(14)20/h2-9H,10-12H2,1H3,(H,21,24). The zero-order valence-electron chi connectivity index (χ0n) is 13.8. The van der Waals surface area contributed by atoms with Crippen molar-refractivity contribution in [2.24, 2.45) is 0 Å². The first kappa shape index (κ1) is 17.2. The zero-order valence-corrected chi connectivity index (χ0v) is 14.6. The number of nitrogens with zero attached hydrogens (tertiary/aromatic N) is 2. The van der Waals surface area contributed by atoms with E-state index in [9.17, 15) is 9.59 Å². The Hall–Kier alpha value is -2.66. The molecule has 0 bridgehead atoms. The van der Waals surface area contributed by atoms with Crippen molar-refractivity contribution in [3.8, 4) is 0 Å². The predicted octanol–water partition coefficient (Wildman–Crippen LogP) is 3.06. The van der Waals surface area contributed by atoms with E-state index in [2.05, 4.69) is 10.3 Å². The van der Waals surface area contributed by atoms with Gasteiger partial charge in [-0.2, -0.15) is 0 Å². The molecule has 1 aromatic heterocycles. The highest BCUT2D eigenvalue weighted by atomic mass is 35.5. The Morgan fingerprint density at radius 1 is 1.16 bits per heavy atom. The summed E-state index contributed by atoms with van der Waals surface area (Å²) in [4.78, 5) is 28.8. The maximum Gasteiger partial charge on any atom is 0.272 e. The number of aromatic nitrogens is 2. The highest BCUT2D eigenvalue weighted by molar-refractivity contribution is 6.31. The van der Waals surface area contributed by atoms with Crippen LogP contribution in [0.15, 0.2) is 53.3 Å². The second-order valence-electron chi connectivity index (χ2n) is 5.76. The van der Waals surface area contributed by atoms with Crippen molar-refractivity contribution in [2.75, 3.05) is 0 Å². The minimum atomic E-state index is -0.169. The van der Waals surface area contributed by atoms with Gasteiger partial charge in [0.2, 0.25) is 5.91 Å². The first-order valence-electron chi connectivity index (χ1n) is 8.02. The lowest BCUT2D eigenvalue weighted by Gasteiger charge is -2.11. The summed E-state index contributed by atoms with van der Waals surface area (Å²) in [7, 11) is 0. The predicted molar refractivity (Wildman–Crippen MR) is 98.7 cm³/mol. The summed E-state index contributed by atoms with van der Waals surface area (Å²) in [5.74, 6) is -0.134. The summed E-state index contributed by atoms with van der Waals surface area (Å²) >= 11 is 6.08. The fourth-order valence-corrected chi connectivity index (χ4v) is 2.88. The molecule has 0 fully saturated rings. The molecule has 128 valence electrons. The number of benzene rings is 2. The Labute approximate surface area is 150 Å². The Kier molecular flexibility index (Phi) is 5.14. The van der Waals surface area contributed by atoms with E-state index in [1.807, 2.05) is 42.5 Å². The average molecular weight is 356 g/mol. The molecule has 5 nitrogen and oxygen atoms in total. The molecule has 0 atom stereocenters. The van der Waals surface area contributed by atoms with Gasteiger partial charge in [0.15, 0.2) is 0 Å². The second kappa shape index (κ2) is 7.49. The van der Waals surface area contributed by atoms with Gasteiger partial charge in [0.1, 0.15) is 5.69 Å². The zero-order chi connectivity index (χ0) is 17.8. The fraction of sp³-hybridized carbons (Fsp3) is 0.211. The monoisotopic (exact) mass is 355 g/mol. The minimum Gasteiger partial charge on any atom is -0.352 e. The molecule has 0 radical (unpaired) electrons. The number of para-hydroxylation sites is 2. The highest BCUT2D eigenvalue weighted by Crippen LogP contribution is 2.14. The molecule has 6 heteroatoms. The van der Waals surface area contributed by atoms with Crippen molar-refractivity contribution in [1.29, 1.82) is 0 Å². The van der Waals surface area contributed by atoms with Crippen molar-refractivity contribution >= 4 is 28.5 Å². The van der Waals surface area contributed by atoms with Gasteiger partial charge in [-0.15, -0.1) is 0 Å². The van der Waals surface area contributed by atoms with Crippen molar-refractivity contribution in [3.05, 3.63) is 75.2 Å². The normalized spacial score (nSPS) is 10.8. The molecule has 1 heterocycles. The van der Waals surface area contributed by atoms with Gasteiger partial charge in [-0.3, -0.25) is 9.59 Å². The van der Waals surface area contributed by atoms with Gasteiger partial charge in [-0.05, 0) is 30.7 Å². The number of carbonyl (C=O) groups excluding carboxylic acids is 1. The van der Waals surface area contributed by atoms with Gasteiger partial charge in [-0.1, -0.05) is 41.9 Å². The lowest BCUT2D eigenvalue weighted by atomic mass is 10.2. The van der Waals surface area contributed by atoms with E-state index in [0.29, 0.717) is 23.8 Å². The third-order valence-electron chi connectivity index (χ3n) is 4.01. The molecule has 25 heavy (non-hydrogen) atoms. The number of halogens is 1. The molecular formula is C19H18ClN3O2. The van der Waals surface area contributed by atoms with Crippen molar-refractivity contribution in [3.63, 3.8) is 0 Å². The second-order valence-corrected chi connectivity index (χ2v) is 6.17. The van der Waals surface area contributed by atoms with Crippen LogP contribution in [-0.2, 0) is 17.9 Å². The first-order chi connectivity index (χ1) is 12.1.